The lowest BCUT2D eigenvalue weighted by Crippen LogP contribution is -2.14. The minimum Gasteiger partial charge on any atom is -0.320 e. The number of benzene rings is 1. The molecule has 0 aliphatic rings. The number of anilines is 1. The van der Waals surface area contributed by atoms with Crippen LogP contribution in [-0.2, 0) is 6.42 Å². The summed E-state index contributed by atoms with van der Waals surface area (Å²) < 4.78 is 3.60. The third kappa shape index (κ3) is 3.74. The molecular formula is C23H24N6O. The molecule has 3 aromatic heterocycles. The predicted molar refractivity (Wildman–Crippen MR) is 116 cm³/mol. The second-order valence-corrected chi connectivity index (χ2v) is 7.30. The van der Waals surface area contributed by atoms with Gasteiger partial charge in [0, 0.05) is 5.69 Å². The van der Waals surface area contributed by atoms with Gasteiger partial charge in [-0.25, -0.2) is 14.3 Å². The van der Waals surface area contributed by atoms with Crippen LogP contribution in [0.2, 0.25) is 0 Å². The second kappa shape index (κ2) is 7.94. The van der Waals surface area contributed by atoms with Crippen LogP contribution in [0.1, 0.15) is 39.9 Å². The van der Waals surface area contributed by atoms with Gasteiger partial charge in [-0.1, -0.05) is 24.6 Å². The van der Waals surface area contributed by atoms with Crippen molar-refractivity contribution in [2.75, 3.05) is 5.32 Å². The third-order valence-corrected chi connectivity index (χ3v) is 4.96. The Kier molecular flexibility index (Phi) is 5.18. The smallest absolute Gasteiger partial charge is 0.259 e. The highest BCUT2D eigenvalue weighted by Crippen LogP contribution is 2.19. The number of amides is 1. The number of hydrogen-bond acceptors (Lipinski definition) is 4. The van der Waals surface area contributed by atoms with E-state index < -0.39 is 0 Å². The van der Waals surface area contributed by atoms with E-state index in [1.54, 1.807) is 17.1 Å². The Morgan fingerprint density at radius 1 is 1.00 bits per heavy atom. The topological polar surface area (TPSA) is 77.6 Å². The molecule has 1 aromatic carbocycles. The zero-order valence-electron chi connectivity index (χ0n) is 17.5. The van der Waals surface area contributed by atoms with Crippen LogP contribution in [0.5, 0.6) is 0 Å². The number of nitrogens with one attached hydrogen (secondary N) is 1. The van der Waals surface area contributed by atoms with Gasteiger partial charge in [0.1, 0.15) is 0 Å². The maximum Gasteiger partial charge on any atom is 0.259 e. The minimum atomic E-state index is -0.203. The van der Waals surface area contributed by atoms with E-state index in [-0.39, 0.29) is 5.91 Å². The van der Waals surface area contributed by atoms with Crippen LogP contribution in [0.3, 0.4) is 0 Å². The van der Waals surface area contributed by atoms with Gasteiger partial charge in [0.2, 0.25) is 0 Å². The SMILES string of the molecule is CCc1c(C(=O)Nc2ccc(-n3nc(C)cc3C)nc2)cnn1-c1ccc(C)cc1. The Labute approximate surface area is 175 Å². The number of carbonyl (C=O) groups excluding carboxylic acids is 1. The van der Waals surface area contributed by atoms with Gasteiger partial charge in [-0.15, -0.1) is 0 Å². The summed E-state index contributed by atoms with van der Waals surface area (Å²) in [5.74, 6) is 0.505. The highest BCUT2D eigenvalue weighted by atomic mass is 16.1. The van der Waals surface area contributed by atoms with Crippen molar-refractivity contribution < 1.29 is 4.79 Å². The van der Waals surface area contributed by atoms with E-state index in [0.717, 1.165) is 22.8 Å². The molecule has 0 aliphatic carbocycles. The standard InChI is InChI=1S/C23H24N6O/c1-5-21-20(14-25-29(21)19-9-6-15(2)7-10-19)23(30)26-18-8-11-22(24-13-18)28-17(4)12-16(3)27-28/h6-14H,5H2,1-4H3,(H,26,30). The first kappa shape index (κ1) is 19.6. The Balaban J connectivity index is 1.55. The van der Waals surface area contributed by atoms with Crippen molar-refractivity contribution in [3.63, 3.8) is 0 Å². The fourth-order valence-electron chi connectivity index (χ4n) is 3.46. The van der Waals surface area contributed by atoms with E-state index >= 15 is 0 Å². The van der Waals surface area contributed by atoms with Gasteiger partial charge in [-0.3, -0.25) is 4.79 Å². The molecule has 0 unspecified atom stereocenters. The molecule has 4 aromatic rings. The summed E-state index contributed by atoms with van der Waals surface area (Å²) in [7, 11) is 0. The van der Waals surface area contributed by atoms with Crippen molar-refractivity contribution in [1.29, 1.82) is 0 Å². The molecule has 7 heteroatoms. The van der Waals surface area contributed by atoms with Gasteiger partial charge >= 0.3 is 0 Å². The average Bonchev–Trinajstić information content (AvgIpc) is 3.31. The summed E-state index contributed by atoms with van der Waals surface area (Å²) in [6.07, 6.45) is 3.94. The first-order valence-corrected chi connectivity index (χ1v) is 9.91. The molecule has 0 saturated heterocycles. The fourth-order valence-corrected chi connectivity index (χ4v) is 3.46. The Morgan fingerprint density at radius 2 is 1.77 bits per heavy atom. The molecule has 1 amide bonds. The Bertz CT molecular complexity index is 1190. The molecule has 0 saturated carbocycles. The van der Waals surface area contributed by atoms with E-state index in [4.69, 9.17) is 0 Å². The molecule has 4 rings (SSSR count). The second-order valence-electron chi connectivity index (χ2n) is 7.30. The van der Waals surface area contributed by atoms with Gasteiger partial charge in [0.25, 0.3) is 5.91 Å². The molecule has 0 atom stereocenters. The summed E-state index contributed by atoms with van der Waals surface area (Å²) in [4.78, 5) is 17.3. The number of aryl methyl sites for hydroxylation is 3. The van der Waals surface area contributed by atoms with Crippen molar-refractivity contribution in [1.82, 2.24) is 24.5 Å². The van der Waals surface area contributed by atoms with Crippen molar-refractivity contribution >= 4 is 11.6 Å². The van der Waals surface area contributed by atoms with Crippen LogP contribution < -0.4 is 5.32 Å². The number of carbonyl (C=O) groups is 1. The maximum absolute atomic E-state index is 12.9. The molecule has 0 radical (unpaired) electrons. The lowest BCUT2D eigenvalue weighted by atomic mass is 10.1. The molecule has 0 fully saturated rings. The predicted octanol–water partition coefficient (Wildman–Crippen LogP) is 4.19. The van der Waals surface area contributed by atoms with Crippen molar-refractivity contribution in [2.45, 2.75) is 34.1 Å². The van der Waals surface area contributed by atoms with E-state index in [2.05, 4.69) is 20.5 Å². The summed E-state index contributed by atoms with van der Waals surface area (Å²) in [6, 6.07) is 13.7. The quantitative estimate of drug-likeness (QED) is 0.545. The number of rotatable bonds is 5. The molecule has 0 bridgehead atoms. The van der Waals surface area contributed by atoms with Gasteiger partial charge in [-0.05, 0) is 57.5 Å². The first-order chi connectivity index (χ1) is 14.5. The van der Waals surface area contributed by atoms with Crippen molar-refractivity contribution in [2.24, 2.45) is 0 Å². The van der Waals surface area contributed by atoms with Crippen LogP contribution in [0.25, 0.3) is 11.5 Å². The molecule has 3 heterocycles. The van der Waals surface area contributed by atoms with Crippen LogP contribution in [0.4, 0.5) is 5.69 Å². The largest absolute Gasteiger partial charge is 0.320 e. The van der Waals surface area contributed by atoms with Crippen LogP contribution in [-0.4, -0.2) is 30.5 Å². The van der Waals surface area contributed by atoms with Crippen LogP contribution in [0, 0.1) is 20.8 Å². The number of hydrogen-bond donors (Lipinski definition) is 1. The highest BCUT2D eigenvalue weighted by molar-refractivity contribution is 6.05. The molecule has 0 aliphatic heterocycles. The normalized spacial score (nSPS) is 10.9. The van der Waals surface area contributed by atoms with Gasteiger partial charge < -0.3 is 5.32 Å². The molecule has 0 spiro atoms. The molecule has 1 N–H and O–H groups in total. The van der Waals surface area contributed by atoms with Crippen LogP contribution in [0.15, 0.2) is 54.9 Å². The molecular weight excluding hydrogens is 376 g/mol. The summed E-state index contributed by atoms with van der Waals surface area (Å²) in [5.41, 5.74) is 6.10. The molecule has 7 nitrogen and oxygen atoms in total. The van der Waals surface area contributed by atoms with E-state index in [1.165, 1.54) is 5.56 Å². The minimum absolute atomic E-state index is 0.203. The fraction of sp³-hybridized carbons (Fsp3) is 0.217. The number of aromatic nitrogens is 5. The molecule has 152 valence electrons. The third-order valence-electron chi connectivity index (χ3n) is 4.96. The summed E-state index contributed by atoms with van der Waals surface area (Å²) >= 11 is 0. The van der Waals surface area contributed by atoms with E-state index in [0.29, 0.717) is 23.5 Å². The number of pyridine rings is 1. The average molecular weight is 400 g/mol. The van der Waals surface area contributed by atoms with Gasteiger partial charge in [0.15, 0.2) is 5.82 Å². The summed E-state index contributed by atoms with van der Waals surface area (Å²) in [5, 5.41) is 11.8. The Morgan fingerprint density at radius 3 is 2.37 bits per heavy atom. The van der Waals surface area contributed by atoms with Crippen LogP contribution >= 0.6 is 0 Å². The maximum atomic E-state index is 12.9. The van der Waals surface area contributed by atoms with Gasteiger partial charge in [-0.2, -0.15) is 10.2 Å². The molecule has 30 heavy (non-hydrogen) atoms. The lowest BCUT2D eigenvalue weighted by molar-refractivity contribution is 0.102. The highest BCUT2D eigenvalue weighted by Gasteiger charge is 2.17. The van der Waals surface area contributed by atoms with E-state index in [9.17, 15) is 4.79 Å². The monoisotopic (exact) mass is 400 g/mol. The van der Waals surface area contributed by atoms with Crippen molar-refractivity contribution in [3.05, 3.63) is 83.1 Å². The van der Waals surface area contributed by atoms with Crippen molar-refractivity contribution in [3.8, 4) is 11.5 Å². The Hall–Kier alpha value is -3.74. The lowest BCUT2D eigenvalue weighted by Gasteiger charge is -2.09. The number of nitrogens with zero attached hydrogens (tertiary/aromatic N) is 5. The van der Waals surface area contributed by atoms with E-state index in [1.807, 2.05) is 74.8 Å². The first-order valence-electron chi connectivity index (χ1n) is 9.91. The van der Waals surface area contributed by atoms with Gasteiger partial charge in [0.05, 0.1) is 40.7 Å². The zero-order chi connectivity index (χ0) is 21.3. The summed E-state index contributed by atoms with van der Waals surface area (Å²) in [6.45, 7) is 7.99. The zero-order valence-corrected chi connectivity index (χ0v) is 17.5.